The Morgan fingerprint density at radius 2 is 1.92 bits per heavy atom. The number of hydrogen-bond acceptors (Lipinski definition) is 4. The van der Waals surface area contributed by atoms with Crippen molar-refractivity contribution in [3.05, 3.63) is 51.7 Å². The van der Waals surface area contributed by atoms with E-state index >= 15 is 0 Å². The fraction of sp³-hybridized carbons (Fsp3) is 0.400. The van der Waals surface area contributed by atoms with Crippen LogP contribution in [0.3, 0.4) is 0 Å². The van der Waals surface area contributed by atoms with Crippen molar-refractivity contribution in [1.29, 1.82) is 0 Å². The summed E-state index contributed by atoms with van der Waals surface area (Å²) < 4.78 is 18.9. The maximum absolute atomic E-state index is 13.6. The first-order chi connectivity index (χ1) is 12.2. The number of amides is 1. The number of carbonyl (C=O) groups excluding carboxylic acids is 2. The van der Waals surface area contributed by atoms with E-state index in [9.17, 15) is 14.0 Å². The van der Waals surface area contributed by atoms with Gasteiger partial charge in [-0.2, -0.15) is 0 Å². The van der Waals surface area contributed by atoms with E-state index < -0.39 is 17.5 Å². The van der Waals surface area contributed by atoms with Gasteiger partial charge in [0.05, 0.1) is 5.56 Å². The monoisotopic (exact) mass is 375 g/mol. The highest BCUT2D eigenvalue weighted by molar-refractivity contribution is 7.17. The van der Waals surface area contributed by atoms with Crippen LogP contribution in [0, 0.1) is 5.82 Å². The summed E-state index contributed by atoms with van der Waals surface area (Å²) in [5.41, 5.74) is 1.10. The normalized spacial score (nSPS) is 13.8. The van der Waals surface area contributed by atoms with Gasteiger partial charge >= 0.3 is 6.09 Å². The molecule has 1 amide bonds. The molecular weight excluding hydrogens is 353 g/mol. The van der Waals surface area contributed by atoms with Crippen molar-refractivity contribution in [2.24, 2.45) is 0 Å². The molecule has 138 valence electrons. The van der Waals surface area contributed by atoms with Crippen molar-refractivity contribution in [3.63, 3.8) is 0 Å². The molecule has 2 aromatic rings. The molecule has 26 heavy (non-hydrogen) atoms. The number of thiophene rings is 1. The summed E-state index contributed by atoms with van der Waals surface area (Å²) in [5, 5.41) is 3.22. The van der Waals surface area contributed by atoms with Gasteiger partial charge < -0.3 is 4.74 Å². The van der Waals surface area contributed by atoms with E-state index in [1.807, 2.05) is 0 Å². The minimum atomic E-state index is -0.631. The number of benzene rings is 1. The molecule has 0 bridgehead atoms. The molecule has 0 saturated heterocycles. The quantitative estimate of drug-likeness (QED) is 0.736. The van der Waals surface area contributed by atoms with Crippen LogP contribution in [-0.2, 0) is 17.6 Å². The number of aryl methyl sites for hydroxylation is 1. The van der Waals surface area contributed by atoms with E-state index in [4.69, 9.17) is 4.74 Å². The van der Waals surface area contributed by atoms with Gasteiger partial charge in [-0.25, -0.2) is 9.18 Å². The molecule has 1 aliphatic rings. The third-order valence-electron chi connectivity index (χ3n) is 4.10. The molecule has 0 spiro atoms. The molecular formula is C20H22FNO3S. The van der Waals surface area contributed by atoms with Crippen LogP contribution in [0.4, 0.5) is 14.2 Å². The predicted octanol–water partition coefficient (Wildman–Crippen LogP) is 5.34. The average molecular weight is 375 g/mol. The number of carbonyl (C=O) groups is 2. The highest BCUT2D eigenvalue weighted by atomic mass is 32.1. The standard InChI is InChI=1S/C20H22FNO3S/c1-20(2,3)25-19(24)22-18-16(14-9-4-5-10-15(14)26-18)17(23)12-7-6-8-13(21)11-12/h6-8,11H,4-5,9-10H2,1-3H3,(H,22,24). The molecule has 0 fully saturated rings. The second kappa shape index (κ2) is 7.19. The summed E-state index contributed by atoms with van der Waals surface area (Å²) in [6.45, 7) is 5.35. The molecule has 0 radical (unpaired) electrons. The Kier molecular flexibility index (Phi) is 5.14. The second-order valence-corrected chi connectivity index (χ2v) is 8.49. The van der Waals surface area contributed by atoms with E-state index in [2.05, 4.69) is 5.32 Å². The van der Waals surface area contributed by atoms with Crippen molar-refractivity contribution in [2.45, 2.75) is 52.1 Å². The molecule has 0 saturated carbocycles. The zero-order chi connectivity index (χ0) is 18.9. The van der Waals surface area contributed by atoms with Gasteiger partial charge in [-0.15, -0.1) is 11.3 Å². The van der Waals surface area contributed by atoms with E-state index in [0.717, 1.165) is 36.1 Å². The van der Waals surface area contributed by atoms with Crippen LogP contribution in [0.15, 0.2) is 24.3 Å². The Bertz CT molecular complexity index is 851. The SMILES string of the molecule is CC(C)(C)OC(=O)Nc1sc2c(c1C(=O)c1cccc(F)c1)CCCC2. The van der Waals surface area contributed by atoms with Crippen LogP contribution in [0.25, 0.3) is 0 Å². The molecule has 1 aliphatic carbocycles. The maximum atomic E-state index is 13.6. The Morgan fingerprint density at radius 3 is 2.62 bits per heavy atom. The fourth-order valence-electron chi connectivity index (χ4n) is 3.06. The second-order valence-electron chi connectivity index (χ2n) is 7.38. The lowest BCUT2D eigenvalue weighted by Crippen LogP contribution is -2.27. The Balaban J connectivity index is 1.98. The van der Waals surface area contributed by atoms with Crippen molar-refractivity contribution in [2.75, 3.05) is 5.32 Å². The zero-order valence-electron chi connectivity index (χ0n) is 15.1. The van der Waals surface area contributed by atoms with Crippen molar-refractivity contribution in [1.82, 2.24) is 0 Å². The van der Waals surface area contributed by atoms with Gasteiger partial charge in [-0.05, 0) is 64.2 Å². The van der Waals surface area contributed by atoms with Crippen LogP contribution in [0.5, 0.6) is 0 Å². The van der Waals surface area contributed by atoms with Crippen LogP contribution >= 0.6 is 11.3 Å². The molecule has 0 atom stereocenters. The van der Waals surface area contributed by atoms with Gasteiger partial charge in [-0.1, -0.05) is 12.1 Å². The molecule has 0 aliphatic heterocycles. The smallest absolute Gasteiger partial charge is 0.412 e. The lowest BCUT2D eigenvalue weighted by Gasteiger charge is -2.19. The molecule has 6 heteroatoms. The summed E-state index contributed by atoms with van der Waals surface area (Å²) in [4.78, 5) is 26.4. The van der Waals surface area contributed by atoms with Crippen LogP contribution in [0.2, 0.25) is 0 Å². The summed E-state index contributed by atoms with van der Waals surface area (Å²) >= 11 is 1.42. The minimum Gasteiger partial charge on any atom is -0.444 e. The number of fused-ring (bicyclic) bond motifs is 1. The Hall–Kier alpha value is -2.21. The van der Waals surface area contributed by atoms with Gasteiger partial charge in [0.1, 0.15) is 16.4 Å². The van der Waals surface area contributed by atoms with Crippen molar-refractivity contribution in [3.8, 4) is 0 Å². The first kappa shape index (κ1) is 18.6. The van der Waals surface area contributed by atoms with Gasteiger partial charge in [0.15, 0.2) is 5.78 Å². The number of rotatable bonds is 3. The van der Waals surface area contributed by atoms with Crippen LogP contribution in [0.1, 0.15) is 60.0 Å². The largest absolute Gasteiger partial charge is 0.444 e. The topological polar surface area (TPSA) is 55.4 Å². The Labute approximate surface area is 156 Å². The number of ketones is 1. The molecule has 0 unspecified atom stereocenters. The number of nitrogens with one attached hydrogen (secondary N) is 1. The van der Waals surface area contributed by atoms with E-state index in [-0.39, 0.29) is 11.3 Å². The third kappa shape index (κ3) is 4.12. The predicted molar refractivity (Wildman–Crippen MR) is 101 cm³/mol. The molecule has 1 N–H and O–H groups in total. The molecule has 3 rings (SSSR count). The summed E-state index contributed by atoms with van der Waals surface area (Å²) in [7, 11) is 0. The molecule has 1 aromatic heterocycles. The van der Waals surface area contributed by atoms with E-state index in [1.54, 1.807) is 26.8 Å². The van der Waals surface area contributed by atoms with Gasteiger partial charge in [0, 0.05) is 10.4 Å². The number of anilines is 1. The van der Waals surface area contributed by atoms with Gasteiger partial charge in [-0.3, -0.25) is 10.1 Å². The van der Waals surface area contributed by atoms with Gasteiger partial charge in [0.2, 0.25) is 0 Å². The zero-order valence-corrected chi connectivity index (χ0v) is 16.0. The van der Waals surface area contributed by atoms with E-state index in [0.29, 0.717) is 10.6 Å². The maximum Gasteiger partial charge on any atom is 0.412 e. The van der Waals surface area contributed by atoms with Crippen LogP contribution < -0.4 is 5.32 Å². The van der Waals surface area contributed by atoms with Crippen LogP contribution in [-0.4, -0.2) is 17.5 Å². The fourth-order valence-corrected chi connectivity index (χ4v) is 4.34. The summed E-state index contributed by atoms with van der Waals surface area (Å²) in [6.07, 6.45) is 3.15. The minimum absolute atomic E-state index is 0.269. The highest BCUT2D eigenvalue weighted by Gasteiger charge is 2.28. The molecule has 1 heterocycles. The summed E-state index contributed by atoms with van der Waals surface area (Å²) in [6, 6.07) is 5.64. The first-order valence-electron chi connectivity index (χ1n) is 8.69. The Morgan fingerprint density at radius 1 is 1.19 bits per heavy atom. The highest BCUT2D eigenvalue weighted by Crippen LogP contribution is 2.39. The number of halogens is 1. The van der Waals surface area contributed by atoms with Crippen molar-refractivity contribution < 1.29 is 18.7 Å². The molecule has 4 nitrogen and oxygen atoms in total. The third-order valence-corrected chi connectivity index (χ3v) is 5.31. The summed E-state index contributed by atoms with van der Waals surface area (Å²) in [5.74, 6) is -0.725. The first-order valence-corrected chi connectivity index (χ1v) is 9.51. The van der Waals surface area contributed by atoms with E-state index in [1.165, 1.54) is 29.5 Å². The number of ether oxygens (including phenoxy) is 1. The average Bonchev–Trinajstić information content (AvgIpc) is 2.89. The molecule has 1 aromatic carbocycles. The number of hydrogen-bond donors (Lipinski definition) is 1. The van der Waals surface area contributed by atoms with Gasteiger partial charge in [0.25, 0.3) is 0 Å². The lowest BCUT2D eigenvalue weighted by atomic mass is 9.92. The van der Waals surface area contributed by atoms with Crippen molar-refractivity contribution >= 4 is 28.2 Å². The lowest BCUT2D eigenvalue weighted by molar-refractivity contribution is 0.0636.